The molecule has 3 aromatic heterocycles. The summed E-state index contributed by atoms with van der Waals surface area (Å²) >= 11 is 0. The fourth-order valence-corrected chi connectivity index (χ4v) is 2.91. The van der Waals surface area contributed by atoms with Crippen LogP contribution in [0.3, 0.4) is 0 Å². The molecule has 7 nitrogen and oxygen atoms in total. The molecule has 1 unspecified atom stereocenters. The van der Waals surface area contributed by atoms with Gasteiger partial charge in [0.15, 0.2) is 22.6 Å². The van der Waals surface area contributed by atoms with Crippen LogP contribution in [0.25, 0.3) is 28.1 Å². The lowest BCUT2D eigenvalue weighted by atomic mass is 10.0. The number of rotatable bonds is 3. The van der Waals surface area contributed by atoms with Crippen LogP contribution < -0.4 is 11.1 Å². The Labute approximate surface area is 139 Å². The molecular formula is C17H19N7. The number of hydrogen-bond donors (Lipinski definition) is 2. The topological polar surface area (TPSA) is 86.1 Å². The second-order valence-electron chi connectivity index (χ2n) is 5.95. The van der Waals surface area contributed by atoms with E-state index in [4.69, 9.17) is 10.8 Å². The average molecular weight is 321 g/mol. The Morgan fingerprint density at radius 2 is 2.08 bits per heavy atom. The van der Waals surface area contributed by atoms with E-state index in [0.717, 1.165) is 39.4 Å². The summed E-state index contributed by atoms with van der Waals surface area (Å²) in [5.41, 5.74) is 11.4. The van der Waals surface area contributed by atoms with Gasteiger partial charge >= 0.3 is 0 Å². The van der Waals surface area contributed by atoms with Gasteiger partial charge in [0.25, 0.3) is 0 Å². The second kappa shape index (κ2) is 5.31. The highest BCUT2D eigenvalue weighted by molar-refractivity contribution is 5.86. The largest absolute Gasteiger partial charge is 0.371 e. The first-order valence-corrected chi connectivity index (χ1v) is 7.83. The third kappa shape index (κ3) is 2.13. The van der Waals surface area contributed by atoms with Gasteiger partial charge in [-0.15, -0.1) is 0 Å². The fourth-order valence-electron chi connectivity index (χ4n) is 2.91. The van der Waals surface area contributed by atoms with Crippen LogP contribution in [0, 0.1) is 0 Å². The molecule has 0 saturated carbocycles. The summed E-state index contributed by atoms with van der Waals surface area (Å²) in [6, 6.07) is 10.1. The minimum atomic E-state index is -0.0141. The Morgan fingerprint density at radius 1 is 1.25 bits per heavy atom. The van der Waals surface area contributed by atoms with Gasteiger partial charge in [0.2, 0.25) is 0 Å². The molecule has 0 fully saturated rings. The Kier molecular flexibility index (Phi) is 3.24. The first-order chi connectivity index (χ1) is 11.6. The van der Waals surface area contributed by atoms with Gasteiger partial charge in [-0.3, -0.25) is 0 Å². The number of nitrogens with two attached hydrogens (primary N) is 1. The molecule has 122 valence electrons. The molecule has 3 heterocycles. The zero-order chi connectivity index (χ0) is 16.8. The predicted octanol–water partition coefficient (Wildman–Crippen LogP) is 2.34. The van der Waals surface area contributed by atoms with E-state index in [1.807, 2.05) is 54.4 Å². The van der Waals surface area contributed by atoms with Crippen LogP contribution in [0.1, 0.15) is 18.5 Å². The highest BCUT2D eigenvalue weighted by Gasteiger charge is 2.15. The lowest BCUT2D eigenvalue weighted by Crippen LogP contribution is -2.04. The van der Waals surface area contributed by atoms with Crippen LogP contribution in [0.2, 0.25) is 0 Å². The van der Waals surface area contributed by atoms with Crippen molar-refractivity contribution in [1.29, 1.82) is 0 Å². The summed E-state index contributed by atoms with van der Waals surface area (Å²) < 4.78 is 3.77. The number of benzene rings is 1. The van der Waals surface area contributed by atoms with Gasteiger partial charge in [-0.25, -0.2) is 9.97 Å². The van der Waals surface area contributed by atoms with E-state index in [1.54, 1.807) is 6.33 Å². The van der Waals surface area contributed by atoms with E-state index >= 15 is 0 Å². The van der Waals surface area contributed by atoms with Gasteiger partial charge in [-0.1, -0.05) is 18.2 Å². The van der Waals surface area contributed by atoms with E-state index in [-0.39, 0.29) is 6.04 Å². The molecule has 0 radical (unpaired) electrons. The number of imidazole rings is 1. The lowest BCUT2D eigenvalue weighted by Gasteiger charge is -2.06. The van der Waals surface area contributed by atoms with Crippen molar-refractivity contribution in [2.75, 3.05) is 12.4 Å². The predicted molar refractivity (Wildman–Crippen MR) is 94.8 cm³/mol. The smallest absolute Gasteiger partial charge is 0.167 e. The molecule has 1 atom stereocenters. The van der Waals surface area contributed by atoms with E-state index in [0.29, 0.717) is 0 Å². The lowest BCUT2D eigenvalue weighted by molar-refractivity contribution is 0.818. The minimum absolute atomic E-state index is 0.0141. The minimum Gasteiger partial charge on any atom is -0.371 e. The third-order valence-electron chi connectivity index (χ3n) is 4.19. The Hall–Kier alpha value is -2.93. The molecule has 24 heavy (non-hydrogen) atoms. The van der Waals surface area contributed by atoms with Gasteiger partial charge in [0, 0.05) is 31.8 Å². The molecule has 0 amide bonds. The van der Waals surface area contributed by atoms with E-state index in [2.05, 4.69) is 21.4 Å². The van der Waals surface area contributed by atoms with Crippen molar-refractivity contribution in [3.8, 4) is 11.3 Å². The first kappa shape index (κ1) is 14.6. The van der Waals surface area contributed by atoms with Crippen molar-refractivity contribution < 1.29 is 0 Å². The van der Waals surface area contributed by atoms with E-state index in [9.17, 15) is 0 Å². The quantitative estimate of drug-likeness (QED) is 0.605. The van der Waals surface area contributed by atoms with E-state index < -0.39 is 0 Å². The van der Waals surface area contributed by atoms with Gasteiger partial charge < -0.3 is 15.6 Å². The molecule has 0 aliphatic rings. The molecule has 3 N–H and O–H groups in total. The van der Waals surface area contributed by atoms with E-state index in [1.165, 1.54) is 0 Å². The maximum Gasteiger partial charge on any atom is 0.167 e. The number of aryl methyl sites for hydroxylation is 1. The van der Waals surface area contributed by atoms with Crippen molar-refractivity contribution in [1.82, 2.24) is 24.1 Å². The highest BCUT2D eigenvalue weighted by Crippen LogP contribution is 2.26. The summed E-state index contributed by atoms with van der Waals surface area (Å²) in [5, 5.41) is 7.85. The summed E-state index contributed by atoms with van der Waals surface area (Å²) in [7, 11) is 3.79. The van der Waals surface area contributed by atoms with Crippen molar-refractivity contribution in [3.05, 3.63) is 42.2 Å². The molecule has 0 spiro atoms. The van der Waals surface area contributed by atoms with Crippen LogP contribution >= 0.6 is 0 Å². The van der Waals surface area contributed by atoms with Gasteiger partial charge in [0.1, 0.15) is 0 Å². The number of nitrogens with one attached hydrogen (secondary N) is 1. The van der Waals surface area contributed by atoms with Crippen LogP contribution in [-0.4, -0.2) is 31.2 Å². The molecule has 0 bridgehead atoms. The SMILES string of the molecule is CNc1nc2cc(-c3cccc(C(C)N)c3)nn2c2c1ncn2C. The molecule has 4 rings (SSSR count). The van der Waals surface area contributed by atoms with Crippen molar-refractivity contribution in [2.24, 2.45) is 12.8 Å². The number of fused-ring (bicyclic) bond motifs is 3. The summed E-state index contributed by atoms with van der Waals surface area (Å²) in [6.45, 7) is 1.97. The third-order valence-corrected chi connectivity index (χ3v) is 4.19. The number of aromatic nitrogens is 5. The molecule has 0 aliphatic carbocycles. The van der Waals surface area contributed by atoms with Gasteiger partial charge in [0.05, 0.1) is 12.0 Å². The monoisotopic (exact) mass is 321 g/mol. The van der Waals surface area contributed by atoms with Crippen molar-refractivity contribution in [3.63, 3.8) is 0 Å². The Balaban J connectivity index is 1.97. The van der Waals surface area contributed by atoms with Crippen molar-refractivity contribution in [2.45, 2.75) is 13.0 Å². The highest BCUT2D eigenvalue weighted by atomic mass is 15.3. The molecular weight excluding hydrogens is 302 g/mol. The van der Waals surface area contributed by atoms with Crippen LogP contribution in [0.5, 0.6) is 0 Å². The van der Waals surface area contributed by atoms with Crippen molar-refractivity contribution >= 4 is 22.6 Å². The molecule has 7 heteroatoms. The van der Waals surface area contributed by atoms with Gasteiger partial charge in [-0.2, -0.15) is 9.61 Å². The van der Waals surface area contributed by atoms with Crippen LogP contribution in [0.4, 0.5) is 5.82 Å². The summed E-state index contributed by atoms with van der Waals surface area (Å²) in [5.74, 6) is 0.744. The molecule has 0 aliphatic heterocycles. The number of nitrogens with zero attached hydrogens (tertiary/aromatic N) is 5. The molecule has 4 aromatic rings. The normalized spacial score (nSPS) is 12.8. The average Bonchev–Trinajstić information content (AvgIpc) is 3.17. The second-order valence-corrected chi connectivity index (χ2v) is 5.95. The maximum absolute atomic E-state index is 6.00. The molecule has 0 saturated heterocycles. The molecule has 1 aromatic carbocycles. The summed E-state index contributed by atoms with van der Waals surface area (Å²) in [4.78, 5) is 9.05. The Bertz CT molecular complexity index is 1040. The first-order valence-electron chi connectivity index (χ1n) is 7.83. The number of hydrogen-bond acceptors (Lipinski definition) is 5. The Morgan fingerprint density at radius 3 is 2.83 bits per heavy atom. The zero-order valence-corrected chi connectivity index (χ0v) is 13.9. The number of anilines is 1. The van der Waals surface area contributed by atoms with Gasteiger partial charge in [-0.05, 0) is 18.6 Å². The zero-order valence-electron chi connectivity index (χ0n) is 13.9. The van der Waals surface area contributed by atoms with Crippen LogP contribution in [0.15, 0.2) is 36.7 Å². The maximum atomic E-state index is 6.00. The van der Waals surface area contributed by atoms with Crippen LogP contribution in [-0.2, 0) is 7.05 Å². The standard InChI is InChI=1S/C17H19N7/c1-10(18)11-5-4-6-12(7-11)13-8-14-21-16(19-2)15-17(24(14)22-13)23(3)9-20-15/h4-10H,18H2,1-3H3,(H,19,21). The fraction of sp³-hybridized carbons (Fsp3) is 0.235. The summed E-state index contributed by atoms with van der Waals surface area (Å²) in [6.07, 6.45) is 1.77.